The number of hydrogen-bond donors (Lipinski definition) is 0. The summed E-state index contributed by atoms with van der Waals surface area (Å²) in [5, 5.41) is 0. The number of hydrogen-bond acceptors (Lipinski definition) is 2. The molecule has 0 aromatic heterocycles. The Labute approximate surface area is 87.6 Å². The second-order valence-electron chi connectivity index (χ2n) is 3.60. The van der Waals surface area contributed by atoms with Gasteiger partial charge in [0.25, 0.3) is 5.60 Å². The van der Waals surface area contributed by atoms with Crippen molar-refractivity contribution in [3.63, 3.8) is 0 Å². The monoisotopic (exact) mass is 252 g/mol. The number of halogens is 6. The van der Waals surface area contributed by atoms with Gasteiger partial charge in [0.05, 0.1) is 5.92 Å². The van der Waals surface area contributed by atoms with Gasteiger partial charge in [0.15, 0.2) is 0 Å². The first-order valence-corrected chi connectivity index (χ1v) is 4.19. The molecule has 96 valence electrons. The fraction of sp³-hybridized carbons (Fsp3) is 0.875. The summed E-state index contributed by atoms with van der Waals surface area (Å²) in [6.45, 7) is 2.05. The van der Waals surface area contributed by atoms with E-state index in [4.69, 9.17) is 0 Å². The van der Waals surface area contributed by atoms with Crippen LogP contribution >= 0.6 is 0 Å². The van der Waals surface area contributed by atoms with Gasteiger partial charge in [0.2, 0.25) is 0 Å². The maximum absolute atomic E-state index is 12.2. The van der Waals surface area contributed by atoms with Crippen molar-refractivity contribution in [2.45, 2.75) is 38.7 Å². The Bertz CT molecular complexity index is 251. The summed E-state index contributed by atoms with van der Waals surface area (Å²) in [7, 11) is 0. The predicted molar refractivity (Wildman–Crippen MR) is 41.4 cm³/mol. The lowest BCUT2D eigenvalue weighted by molar-refractivity contribution is -0.363. The van der Waals surface area contributed by atoms with Gasteiger partial charge in [-0.1, -0.05) is 13.8 Å². The second kappa shape index (κ2) is 4.14. The first-order valence-electron chi connectivity index (χ1n) is 4.19. The van der Waals surface area contributed by atoms with Gasteiger partial charge in [-0.05, 0) is 6.92 Å². The van der Waals surface area contributed by atoms with E-state index in [0.29, 0.717) is 0 Å². The summed E-state index contributed by atoms with van der Waals surface area (Å²) in [5.74, 6) is -2.64. The van der Waals surface area contributed by atoms with E-state index in [0.717, 1.165) is 13.8 Å². The molecule has 0 unspecified atom stereocenters. The maximum Gasteiger partial charge on any atom is 0.437 e. The van der Waals surface area contributed by atoms with Crippen molar-refractivity contribution < 1.29 is 35.9 Å². The summed E-state index contributed by atoms with van der Waals surface area (Å²) >= 11 is 0. The zero-order valence-corrected chi connectivity index (χ0v) is 8.66. The highest BCUT2D eigenvalue weighted by molar-refractivity contribution is 5.72. The highest BCUT2D eigenvalue weighted by atomic mass is 19.4. The van der Waals surface area contributed by atoms with Crippen molar-refractivity contribution in [2.75, 3.05) is 0 Å². The molecule has 0 aliphatic heterocycles. The summed E-state index contributed by atoms with van der Waals surface area (Å²) in [6, 6.07) is 0. The van der Waals surface area contributed by atoms with Gasteiger partial charge in [0.1, 0.15) is 0 Å². The Morgan fingerprint density at radius 3 is 1.50 bits per heavy atom. The van der Waals surface area contributed by atoms with Gasteiger partial charge in [-0.2, -0.15) is 26.3 Å². The second-order valence-corrected chi connectivity index (χ2v) is 3.60. The van der Waals surface area contributed by atoms with Gasteiger partial charge >= 0.3 is 18.3 Å². The normalized spacial score (nSPS) is 14.1. The molecule has 0 aliphatic rings. The molecule has 0 radical (unpaired) electrons. The standard InChI is InChI=1S/C8H10F6O2/c1-4(2)5(15)16-6(3,7(9,10)11)8(12,13)14/h4H,1-3H3. The van der Waals surface area contributed by atoms with Crippen molar-refractivity contribution in [1.29, 1.82) is 0 Å². The average Bonchev–Trinajstić information content (AvgIpc) is 1.99. The number of carbonyl (C=O) groups excluding carboxylic acids is 1. The molecule has 0 rings (SSSR count). The lowest BCUT2D eigenvalue weighted by atomic mass is 10.1. The molecule has 16 heavy (non-hydrogen) atoms. The van der Waals surface area contributed by atoms with Crippen LogP contribution in [0.3, 0.4) is 0 Å². The van der Waals surface area contributed by atoms with Gasteiger partial charge in [-0.3, -0.25) is 4.79 Å². The highest BCUT2D eigenvalue weighted by Crippen LogP contribution is 2.45. The van der Waals surface area contributed by atoms with Crippen LogP contribution in [0.1, 0.15) is 20.8 Å². The van der Waals surface area contributed by atoms with E-state index in [1.165, 1.54) is 0 Å². The SMILES string of the molecule is CC(C)C(=O)OC(C)(C(F)(F)F)C(F)(F)F. The van der Waals surface area contributed by atoms with Crippen LogP contribution in [0.2, 0.25) is 0 Å². The van der Waals surface area contributed by atoms with Crippen molar-refractivity contribution >= 4 is 5.97 Å². The van der Waals surface area contributed by atoms with Crippen LogP contribution in [0.15, 0.2) is 0 Å². The quantitative estimate of drug-likeness (QED) is 0.557. The molecular formula is C8H10F6O2. The predicted octanol–water partition coefficient (Wildman–Crippen LogP) is 3.07. The Morgan fingerprint density at radius 2 is 1.31 bits per heavy atom. The number of alkyl halides is 6. The fourth-order valence-corrected chi connectivity index (χ4v) is 0.595. The van der Waals surface area contributed by atoms with Crippen molar-refractivity contribution in [1.82, 2.24) is 0 Å². The summed E-state index contributed by atoms with van der Waals surface area (Å²) in [4.78, 5) is 10.8. The van der Waals surface area contributed by atoms with E-state index in [1.54, 1.807) is 0 Å². The molecular weight excluding hydrogens is 242 g/mol. The minimum atomic E-state index is -5.71. The third-order valence-corrected chi connectivity index (χ3v) is 1.86. The molecule has 0 atom stereocenters. The summed E-state index contributed by atoms with van der Waals surface area (Å²) in [6.07, 6.45) is -11.4. The van der Waals surface area contributed by atoms with Gasteiger partial charge in [0, 0.05) is 0 Å². The minimum absolute atomic E-state index is 0.215. The van der Waals surface area contributed by atoms with E-state index < -0.39 is 29.8 Å². The highest BCUT2D eigenvalue weighted by Gasteiger charge is 2.71. The topological polar surface area (TPSA) is 26.3 Å². The molecule has 0 bridgehead atoms. The molecule has 0 heterocycles. The summed E-state index contributed by atoms with van der Waals surface area (Å²) < 4.78 is 76.9. The molecule has 0 amide bonds. The molecule has 2 nitrogen and oxygen atoms in total. The lowest BCUT2D eigenvalue weighted by Crippen LogP contribution is -2.57. The third kappa shape index (κ3) is 2.79. The largest absolute Gasteiger partial charge is 0.440 e. The Kier molecular flexibility index (Phi) is 3.89. The number of rotatable bonds is 2. The molecule has 0 saturated carbocycles. The van der Waals surface area contributed by atoms with Crippen LogP contribution in [-0.2, 0) is 9.53 Å². The van der Waals surface area contributed by atoms with E-state index in [2.05, 4.69) is 4.74 Å². The van der Waals surface area contributed by atoms with Crippen molar-refractivity contribution in [3.8, 4) is 0 Å². The molecule has 0 aromatic carbocycles. The Morgan fingerprint density at radius 1 is 1.00 bits per heavy atom. The average molecular weight is 252 g/mol. The molecule has 0 aromatic rings. The number of esters is 1. The number of ether oxygens (including phenoxy) is 1. The molecule has 0 aliphatic carbocycles. The van der Waals surface area contributed by atoms with Crippen LogP contribution in [0, 0.1) is 5.92 Å². The van der Waals surface area contributed by atoms with Crippen LogP contribution in [-0.4, -0.2) is 23.9 Å². The zero-order valence-electron chi connectivity index (χ0n) is 8.66. The van der Waals surface area contributed by atoms with Crippen LogP contribution in [0.5, 0.6) is 0 Å². The fourth-order valence-electron chi connectivity index (χ4n) is 0.595. The molecule has 0 spiro atoms. The first kappa shape index (κ1) is 15.0. The van der Waals surface area contributed by atoms with Crippen LogP contribution < -0.4 is 0 Å². The van der Waals surface area contributed by atoms with Gasteiger partial charge < -0.3 is 4.74 Å². The van der Waals surface area contributed by atoms with E-state index in [-0.39, 0.29) is 6.92 Å². The molecule has 0 fully saturated rings. The lowest BCUT2D eigenvalue weighted by Gasteiger charge is -2.33. The number of carbonyl (C=O) groups is 1. The minimum Gasteiger partial charge on any atom is -0.440 e. The van der Waals surface area contributed by atoms with Crippen LogP contribution in [0.4, 0.5) is 26.3 Å². The van der Waals surface area contributed by atoms with Crippen molar-refractivity contribution in [2.24, 2.45) is 5.92 Å². The first-order chi connectivity index (χ1) is 6.83. The van der Waals surface area contributed by atoms with E-state index in [1.807, 2.05) is 0 Å². The third-order valence-electron chi connectivity index (χ3n) is 1.86. The molecule has 0 saturated heterocycles. The van der Waals surface area contributed by atoms with E-state index in [9.17, 15) is 31.1 Å². The van der Waals surface area contributed by atoms with E-state index >= 15 is 0 Å². The van der Waals surface area contributed by atoms with Gasteiger partial charge in [-0.25, -0.2) is 0 Å². The van der Waals surface area contributed by atoms with Gasteiger partial charge in [-0.15, -0.1) is 0 Å². The molecule has 0 N–H and O–H groups in total. The Hall–Kier alpha value is -0.950. The summed E-state index contributed by atoms with van der Waals surface area (Å²) in [5.41, 5.74) is -4.47. The van der Waals surface area contributed by atoms with Crippen LogP contribution in [0.25, 0.3) is 0 Å². The zero-order chi connectivity index (χ0) is 13.4. The molecule has 8 heteroatoms. The smallest absolute Gasteiger partial charge is 0.437 e. The van der Waals surface area contributed by atoms with Crippen molar-refractivity contribution in [3.05, 3.63) is 0 Å². The maximum atomic E-state index is 12.2. The Balaban J connectivity index is 5.22.